The summed E-state index contributed by atoms with van der Waals surface area (Å²) in [5, 5.41) is 12.6. The van der Waals surface area contributed by atoms with Gasteiger partial charge in [0.25, 0.3) is 0 Å². The number of H-pyrrole nitrogens is 1. The minimum Gasteiger partial charge on any atom is -0.385 e. The Morgan fingerprint density at radius 3 is 2.89 bits per heavy atom. The van der Waals surface area contributed by atoms with Gasteiger partial charge in [0.15, 0.2) is 0 Å². The van der Waals surface area contributed by atoms with Crippen molar-refractivity contribution in [2.45, 2.75) is 45.1 Å². The van der Waals surface area contributed by atoms with Crippen LogP contribution in [0.3, 0.4) is 0 Å². The lowest BCUT2D eigenvalue weighted by Gasteiger charge is -2.43. The van der Waals surface area contributed by atoms with Crippen molar-refractivity contribution < 1.29 is 5.11 Å². The number of aliphatic hydroxyl groups is 1. The van der Waals surface area contributed by atoms with Crippen LogP contribution in [0.1, 0.15) is 45.1 Å². The molecule has 2 atom stereocenters. The average molecular weight is 257 g/mol. The first-order valence-corrected chi connectivity index (χ1v) is 7.42. The van der Waals surface area contributed by atoms with Crippen molar-refractivity contribution in [1.82, 2.24) is 4.98 Å². The van der Waals surface area contributed by atoms with Gasteiger partial charge in [0.05, 0.1) is 5.60 Å². The summed E-state index contributed by atoms with van der Waals surface area (Å²) in [7, 11) is 0. The lowest BCUT2D eigenvalue weighted by Crippen LogP contribution is -2.40. The molecule has 2 nitrogen and oxygen atoms in total. The van der Waals surface area contributed by atoms with Gasteiger partial charge in [0.1, 0.15) is 0 Å². The molecular formula is C17H23NO. The molecule has 19 heavy (non-hydrogen) atoms. The highest BCUT2D eigenvalue weighted by atomic mass is 16.3. The van der Waals surface area contributed by atoms with Crippen molar-refractivity contribution in [3.05, 3.63) is 36.0 Å². The maximum atomic E-state index is 11.4. The van der Waals surface area contributed by atoms with E-state index in [2.05, 4.69) is 43.1 Å². The molecular weight excluding hydrogens is 234 g/mol. The van der Waals surface area contributed by atoms with Crippen molar-refractivity contribution >= 4 is 10.9 Å². The Kier molecular flexibility index (Phi) is 3.14. The molecule has 1 aromatic carbocycles. The molecule has 1 fully saturated rings. The highest BCUT2D eigenvalue weighted by Gasteiger charge is 2.42. The lowest BCUT2D eigenvalue weighted by atomic mass is 9.66. The van der Waals surface area contributed by atoms with E-state index >= 15 is 0 Å². The number of fused-ring (bicyclic) bond motifs is 1. The summed E-state index contributed by atoms with van der Waals surface area (Å²) in [5.74, 6) is 0.876. The summed E-state index contributed by atoms with van der Waals surface area (Å²) >= 11 is 0. The highest BCUT2D eigenvalue weighted by molar-refractivity contribution is 5.83. The molecule has 102 valence electrons. The van der Waals surface area contributed by atoms with Crippen LogP contribution in [0.2, 0.25) is 0 Å². The van der Waals surface area contributed by atoms with Gasteiger partial charge in [0, 0.05) is 17.1 Å². The summed E-state index contributed by atoms with van der Waals surface area (Å²) in [6.07, 6.45) is 6.36. The van der Waals surface area contributed by atoms with Gasteiger partial charge in [-0.05, 0) is 42.4 Å². The van der Waals surface area contributed by atoms with Gasteiger partial charge in [-0.25, -0.2) is 0 Å². The number of rotatable bonds is 2. The van der Waals surface area contributed by atoms with Crippen LogP contribution < -0.4 is 0 Å². The molecule has 1 aliphatic rings. The minimum atomic E-state index is -0.659. The van der Waals surface area contributed by atoms with Crippen LogP contribution in [0.4, 0.5) is 0 Å². The number of aromatic amines is 1. The quantitative estimate of drug-likeness (QED) is 0.831. The van der Waals surface area contributed by atoms with E-state index < -0.39 is 5.60 Å². The lowest BCUT2D eigenvalue weighted by molar-refractivity contribution is -0.0709. The van der Waals surface area contributed by atoms with Crippen LogP contribution in [0, 0.1) is 11.8 Å². The van der Waals surface area contributed by atoms with E-state index in [1.807, 2.05) is 6.20 Å². The van der Waals surface area contributed by atoms with Crippen LogP contribution in [-0.4, -0.2) is 10.1 Å². The Morgan fingerprint density at radius 1 is 1.26 bits per heavy atom. The number of nitrogens with one attached hydrogen (secondary N) is 1. The molecule has 3 rings (SSSR count). The van der Waals surface area contributed by atoms with E-state index in [0.29, 0.717) is 11.8 Å². The van der Waals surface area contributed by atoms with Crippen molar-refractivity contribution in [2.24, 2.45) is 11.8 Å². The standard InChI is InChI=1S/C17H23NO/c1-12(2)14-6-3-4-10-17(14,19)15-7-5-8-16-13(15)9-11-18-16/h5,7-9,11-12,14,18-19H,3-4,6,10H2,1-2H3. The fourth-order valence-corrected chi connectivity index (χ4v) is 3.87. The van der Waals surface area contributed by atoms with E-state index in [-0.39, 0.29) is 0 Å². The Bertz CT molecular complexity index is 571. The van der Waals surface area contributed by atoms with E-state index in [1.54, 1.807) is 0 Å². The number of hydrogen-bond donors (Lipinski definition) is 2. The maximum Gasteiger partial charge on any atom is 0.0933 e. The third-order valence-corrected chi connectivity index (χ3v) is 4.80. The van der Waals surface area contributed by atoms with Gasteiger partial charge in [-0.3, -0.25) is 0 Å². The van der Waals surface area contributed by atoms with E-state index in [9.17, 15) is 5.11 Å². The van der Waals surface area contributed by atoms with E-state index in [0.717, 1.165) is 30.3 Å². The van der Waals surface area contributed by atoms with Gasteiger partial charge < -0.3 is 10.1 Å². The molecule has 0 bridgehead atoms. The zero-order chi connectivity index (χ0) is 13.5. The summed E-state index contributed by atoms with van der Waals surface area (Å²) in [6, 6.07) is 8.33. The SMILES string of the molecule is CC(C)C1CCCCC1(O)c1cccc2[nH]ccc12. The van der Waals surface area contributed by atoms with Crippen LogP contribution in [0.15, 0.2) is 30.5 Å². The van der Waals surface area contributed by atoms with Crippen molar-refractivity contribution in [2.75, 3.05) is 0 Å². The molecule has 1 aliphatic carbocycles. The van der Waals surface area contributed by atoms with Crippen LogP contribution in [0.25, 0.3) is 10.9 Å². The van der Waals surface area contributed by atoms with Gasteiger partial charge in [-0.1, -0.05) is 38.8 Å². The summed E-state index contributed by atoms with van der Waals surface area (Å²) in [5.41, 5.74) is 1.58. The predicted molar refractivity (Wildman–Crippen MR) is 79.0 cm³/mol. The minimum absolute atomic E-state index is 0.363. The van der Waals surface area contributed by atoms with E-state index in [1.165, 1.54) is 11.8 Å². The number of benzene rings is 1. The first kappa shape index (κ1) is 12.7. The Hall–Kier alpha value is -1.28. The number of aromatic nitrogens is 1. The number of hydrogen-bond acceptors (Lipinski definition) is 1. The van der Waals surface area contributed by atoms with Gasteiger partial charge in [-0.15, -0.1) is 0 Å². The average Bonchev–Trinajstić information content (AvgIpc) is 2.86. The monoisotopic (exact) mass is 257 g/mol. The topological polar surface area (TPSA) is 36.0 Å². The molecule has 2 heteroatoms. The molecule has 1 aromatic heterocycles. The molecule has 0 amide bonds. The molecule has 2 aromatic rings. The van der Waals surface area contributed by atoms with Gasteiger partial charge in [0.2, 0.25) is 0 Å². The highest BCUT2D eigenvalue weighted by Crippen LogP contribution is 2.46. The molecule has 2 N–H and O–H groups in total. The van der Waals surface area contributed by atoms with Gasteiger partial charge in [-0.2, -0.15) is 0 Å². The first-order valence-electron chi connectivity index (χ1n) is 7.42. The largest absolute Gasteiger partial charge is 0.385 e. The van der Waals surface area contributed by atoms with Crippen molar-refractivity contribution in [3.8, 4) is 0 Å². The molecule has 0 aliphatic heterocycles. The first-order chi connectivity index (χ1) is 9.13. The Morgan fingerprint density at radius 2 is 2.11 bits per heavy atom. The van der Waals surface area contributed by atoms with Crippen LogP contribution in [-0.2, 0) is 5.60 Å². The molecule has 0 radical (unpaired) electrons. The molecule has 1 heterocycles. The van der Waals surface area contributed by atoms with E-state index in [4.69, 9.17) is 0 Å². The zero-order valence-electron chi connectivity index (χ0n) is 11.8. The molecule has 1 saturated carbocycles. The summed E-state index contributed by atoms with van der Waals surface area (Å²) in [4.78, 5) is 3.25. The summed E-state index contributed by atoms with van der Waals surface area (Å²) < 4.78 is 0. The fourth-order valence-electron chi connectivity index (χ4n) is 3.87. The normalized spacial score (nSPS) is 28.1. The Labute approximate surface area is 114 Å². The molecule has 0 spiro atoms. The summed E-state index contributed by atoms with van der Waals surface area (Å²) in [6.45, 7) is 4.47. The molecule has 2 unspecified atom stereocenters. The third kappa shape index (κ3) is 1.99. The predicted octanol–water partition coefficient (Wildman–Crippen LogP) is 4.20. The van der Waals surface area contributed by atoms with Crippen molar-refractivity contribution in [3.63, 3.8) is 0 Å². The second-order valence-corrected chi connectivity index (χ2v) is 6.27. The molecule has 0 saturated heterocycles. The van der Waals surface area contributed by atoms with Crippen LogP contribution in [0.5, 0.6) is 0 Å². The maximum absolute atomic E-state index is 11.4. The van der Waals surface area contributed by atoms with Crippen LogP contribution >= 0.6 is 0 Å². The van der Waals surface area contributed by atoms with Gasteiger partial charge >= 0.3 is 0 Å². The Balaban J connectivity index is 2.14. The second-order valence-electron chi connectivity index (χ2n) is 6.27. The third-order valence-electron chi connectivity index (χ3n) is 4.80. The smallest absolute Gasteiger partial charge is 0.0933 e. The zero-order valence-corrected chi connectivity index (χ0v) is 11.8. The van der Waals surface area contributed by atoms with Crippen molar-refractivity contribution in [1.29, 1.82) is 0 Å². The fraction of sp³-hybridized carbons (Fsp3) is 0.529. The second kappa shape index (κ2) is 4.68.